The summed E-state index contributed by atoms with van der Waals surface area (Å²) in [5, 5.41) is 15.9. The summed E-state index contributed by atoms with van der Waals surface area (Å²) in [7, 11) is 0. The topological polar surface area (TPSA) is 61.7 Å². The lowest BCUT2D eigenvalue weighted by Gasteiger charge is -2.08. The quantitative estimate of drug-likeness (QED) is 0.571. The molecule has 24 heavy (non-hydrogen) atoms. The van der Waals surface area contributed by atoms with Gasteiger partial charge in [-0.25, -0.2) is 5.43 Å². The van der Waals surface area contributed by atoms with Crippen molar-refractivity contribution >= 4 is 22.9 Å². The average molecular weight is 326 g/mol. The fraction of sp³-hybridized carbons (Fsp3) is 0.400. The average Bonchev–Trinajstić information content (AvgIpc) is 2.53. The summed E-state index contributed by atoms with van der Waals surface area (Å²) in [6.07, 6.45) is 5.18. The van der Waals surface area contributed by atoms with Gasteiger partial charge >= 0.3 is 0 Å². The van der Waals surface area contributed by atoms with Crippen LogP contribution < -0.4 is 5.43 Å². The Bertz CT molecular complexity index is 723. The van der Waals surface area contributed by atoms with Crippen LogP contribution in [0.25, 0.3) is 10.8 Å². The predicted octanol–water partition coefficient (Wildman–Crippen LogP) is 4.72. The van der Waals surface area contributed by atoms with E-state index in [0.29, 0.717) is 11.8 Å². The highest BCUT2D eigenvalue weighted by Crippen LogP contribution is 2.24. The Morgan fingerprint density at radius 3 is 2.50 bits per heavy atom. The molecule has 0 spiro atoms. The van der Waals surface area contributed by atoms with Crippen LogP contribution in [0.5, 0.6) is 5.75 Å². The molecule has 1 amide bonds. The summed E-state index contributed by atoms with van der Waals surface area (Å²) in [6.45, 7) is 6.52. The molecule has 0 fully saturated rings. The number of aromatic hydroxyl groups is 1. The van der Waals surface area contributed by atoms with Crippen molar-refractivity contribution in [3.8, 4) is 5.75 Å². The first-order valence-electron chi connectivity index (χ1n) is 8.52. The first-order valence-corrected chi connectivity index (χ1v) is 8.52. The molecule has 2 rings (SSSR count). The molecule has 0 aromatic heterocycles. The summed E-state index contributed by atoms with van der Waals surface area (Å²) in [5.41, 5.74) is 2.74. The van der Waals surface area contributed by atoms with Gasteiger partial charge in [-0.2, -0.15) is 5.10 Å². The van der Waals surface area contributed by atoms with Gasteiger partial charge in [-0.05, 0) is 41.2 Å². The van der Waals surface area contributed by atoms with Gasteiger partial charge in [0.2, 0.25) is 0 Å². The van der Waals surface area contributed by atoms with E-state index in [1.807, 2.05) is 24.3 Å². The number of phenolic OH excluding ortho intramolecular Hbond substituents is 1. The van der Waals surface area contributed by atoms with Crippen LogP contribution in [-0.2, 0) is 0 Å². The Kier molecular flexibility index (Phi) is 6.36. The Labute approximate surface area is 143 Å². The minimum Gasteiger partial charge on any atom is -0.507 e. The molecule has 1 unspecified atom stereocenters. The highest BCUT2D eigenvalue weighted by Gasteiger charge is 2.11. The Balaban J connectivity index is 1.95. The number of nitrogens with one attached hydrogen (secondary N) is 1. The maximum atomic E-state index is 12.2. The maximum Gasteiger partial charge on any atom is 0.275 e. The molecule has 128 valence electrons. The molecule has 1 atom stereocenters. The van der Waals surface area contributed by atoms with E-state index in [1.54, 1.807) is 18.3 Å². The molecule has 0 aliphatic carbocycles. The lowest BCUT2D eigenvalue weighted by Crippen LogP contribution is -2.18. The van der Waals surface area contributed by atoms with Gasteiger partial charge in [-0.3, -0.25) is 4.79 Å². The van der Waals surface area contributed by atoms with Gasteiger partial charge in [0, 0.05) is 6.21 Å². The van der Waals surface area contributed by atoms with Gasteiger partial charge in [-0.1, -0.05) is 57.9 Å². The molecule has 0 saturated heterocycles. The summed E-state index contributed by atoms with van der Waals surface area (Å²) >= 11 is 0. The van der Waals surface area contributed by atoms with Crippen molar-refractivity contribution in [3.05, 3.63) is 42.0 Å². The van der Waals surface area contributed by atoms with E-state index in [0.717, 1.165) is 23.6 Å². The second-order valence-corrected chi connectivity index (χ2v) is 6.74. The summed E-state index contributed by atoms with van der Waals surface area (Å²) in [6, 6.07) is 10.9. The van der Waals surface area contributed by atoms with Gasteiger partial charge in [-0.15, -0.1) is 0 Å². The third-order valence-electron chi connectivity index (χ3n) is 4.04. The molecule has 4 heteroatoms. The molecule has 0 radical (unpaired) electrons. The predicted molar refractivity (Wildman–Crippen MR) is 99.4 cm³/mol. The van der Waals surface area contributed by atoms with Crippen LogP contribution in [0.2, 0.25) is 0 Å². The van der Waals surface area contributed by atoms with Crippen molar-refractivity contribution in [2.45, 2.75) is 40.0 Å². The summed E-state index contributed by atoms with van der Waals surface area (Å²) < 4.78 is 0. The number of nitrogens with zero attached hydrogens (tertiary/aromatic N) is 1. The number of hydrogen-bond donors (Lipinski definition) is 2. The van der Waals surface area contributed by atoms with Gasteiger partial charge in [0.05, 0.1) is 5.56 Å². The lowest BCUT2D eigenvalue weighted by molar-refractivity contribution is 0.0952. The molecule has 2 aromatic carbocycles. The van der Waals surface area contributed by atoms with E-state index in [9.17, 15) is 9.90 Å². The number of benzene rings is 2. The summed E-state index contributed by atoms with van der Waals surface area (Å²) in [5.74, 6) is 0.592. The minimum atomic E-state index is -0.399. The number of hydrogen-bond acceptors (Lipinski definition) is 3. The second kappa shape index (κ2) is 8.48. The molecular formula is C20H26N2O2. The van der Waals surface area contributed by atoms with Crippen molar-refractivity contribution in [3.63, 3.8) is 0 Å². The van der Waals surface area contributed by atoms with E-state index in [2.05, 4.69) is 31.3 Å². The number of fused-ring (bicyclic) bond motifs is 1. The number of rotatable bonds is 7. The summed E-state index contributed by atoms with van der Waals surface area (Å²) in [4.78, 5) is 12.2. The lowest BCUT2D eigenvalue weighted by atomic mass is 10.0. The van der Waals surface area contributed by atoms with Crippen LogP contribution >= 0.6 is 0 Å². The zero-order valence-electron chi connectivity index (χ0n) is 14.6. The molecule has 2 aromatic rings. The van der Waals surface area contributed by atoms with Crippen molar-refractivity contribution < 1.29 is 9.90 Å². The van der Waals surface area contributed by atoms with Gasteiger partial charge < -0.3 is 5.11 Å². The fourth-order valence-corrected chi connectivity index (χ4v) is 2.62. The molecular weight excluding hydrogens is 300 g/mol. The van der Waals surface area contributed by atoms with Crippen molar-refractivity contribution in [2.24, 2.45) is 16.9 Å². The van der Waals surface area contributed by atoms with Crippen molar-refractivity contribution in [1.82, 2.24) is 5.43 Å². The van der Waals surface area contributed by atoms with Crippen LogP contribution in [0.3, 0.4) is 0 Å². The van der Waals surface area contributed by atoms with E-state index in [4.69, 9.17) is 0 Å². The monoisotopic (exact) mass is 326 g/mol. The van der Waals surface area contributed by atoms with Crippen LogP contribution in [0.15, 0.2) is 41.5 Å². The first-order chi connectivity index (χ1) is 11.5. The number of amides is 1. The van der Waals surface area contributed by atoms with E-state index in [1.165, 1.54) is 6.42 Å². The highest BCUT2D eigenvalue weighted by molar-refractivity contribution is 6.01. The normalized spacial score (nSPS) is 12.8. The van der Waals surface area contributed by atoms with Gasteiger partial charge in [0.1, 0.15) is 5.75 Å². The standard InChI is InChI=1S/C20H26N2O2/c1-14(2)7-6-8-15(3)13-21-22-20(24)18-11-16-9-4-5-10-17(16)12-19(18)23/h4-5,9-15,23H,6-8H2,1-3H3,(H,22,24). The zero-order chi connectivity index (χ0) is 17.5. The Morgan fingerprint density at radius 2 is 1.83 bits per heavy atom. The SMILES string of the molecule is CC(C)CCCC(C)C=NNC(=O)c1cc2ccccc2cc1O. The molecule has 0 saturated carbocycles. The van der Waals surface area contributed by atoms with E-state index < -0.39 is 5.91 Å². The highest BCUT2D eigenvalue weighted by atomic mass is 16.3. The van der Waals surface area contributed by atoms with E-state index >= 15 is 0 Å². The zero-order valence-corrected chi connectivity index (χ0v) is 14.6. The minimum absolute atomic E-state index is 0.0358. The molecule has 0 heterocycles. The van der Waals surface area contributed by atoms with E-state index in [-0.39, 0.29) is 11.3 Å². The molecule has 0 aliphatic heterocycles. The third kappa shape index (κ3) is 5.08. The van der Waals surface area contributed by atoms with Gasteiger partial charge in [0.25, 0.3) is 5.91 Å². The fourth-order valence-electron chi connectivity index (χ4n) is 2.62. The molecule has 4 nitrogen and oxygen atoms in total. The Morgan fingerprint density at radius 1 is 1.17 bits per heavy atom. The first kappa shape index (κ1) is 18.0. The molecule has 2 N–H and O–H groups in total. The van der Waals surface area contributed by atoms with Crippen molar-refractivity contribution in [2.75, 3.05) is 0 Å². The van der Waals surface area contributed by atoms with Crippen LogP contribution in [-0.4, -0.2) is 17.2 Å². The third-order valence-corrected chi connectivity index (χ3v) is 4.04. The number of hydrazone groups is 1. The number of phenols is 1. The smallest absolute Gasteiger partial charge is 0.275 e. The van der Waals surface area contributed by atoms with Gasteiger partial charge in [0.15, 0.2) is 0 Å². The van der Waals surface area contributed by atoms with Crippen LogP contribution in [0.1, 0.15) is 50.4 Å². The van der Waals surface area contributed by atoms with Crippen LogP contribution in [0, 0.1) is 11.8 Å². The largest absolute Gasteiger partial charge is 0.507 e. The van der Waals surface area contributed by atoms with Crippen molar-refractivity contribution in [1.29, 1.82) is 0 Å². The van der Waals surface area contributed by atoms with Crippen LogP contribution in [0.4, 0.5) is 0 Å². The molecule has 0 aliphatic rings. The Hall–Kier alpha value is -2.36. The second-order valence-electron chi connectivity index (χ2n) is 6.74. The molecule has 0 bridgehead atoms. The number of carbonyl (C=O) groups excluding carboxylic acids is 1. The maximum absolute atomic E-state index is 12.2. The number of carbonyl (C=O) groups is 1.